The molecular formula is C20H17FN2O4. The Morgan fingerprint density at radius 2 is 1.70 bits per heavy atom. The molecule has 6 nitrogen and oxygen atoms in total. The van der Waals surface area contributed by atoms with Crippen LogP contribution in [0.4, 0.5) is 4.39 Å². The van der Waals surface area contributed by atoms with Gasteiger partial charge in [-0.3, -0.25) is 4.79 Å². The Morgan fingerprint density at radius 1 is 1.04 bits per heavy atom. The van der Waals surface area contributed by atoms with E-state index < -0.39 is 5.91 Å². The first kappa shape index (κ1) is 18.2. The lowest BCUT2D eigenvalue weighted by molar-refractivity contribution is 0.0954. The van der Waals surface area contributed by atoms with E-state index in [1.165, 1.54) is 32.6 Å². The number of carbonyl (C=O) groups is 1. The first-order chi connectivity index (χ1) is 13.1. The van der Waals surface area contributed by atoms with E-state index in [1.807, 2.05) is 0 Å². The fraction of sp³-hybridized carbons (Fsp3) is 0.100. The number of rotatable bonds is 6. The van der Waals surface area contributed by atoms with Crippen molar-refractivity contribution in [2.75, 3.05) is 14.2 Å². The minimum atomic E-state index is -0.422. The molecule has 0 aliphatic rings. The van der Waals surface area contributed by atoms with Crippen LogP contribution >= 0.6 is 0 Å². The van der Waals surface area contributed by atoms with Crippen LogP contribution in [0.3, 0.4) is 0 Å². The van der Waals surface area contributed by atoms with Gasteiger partial charge in [0.25, 0.3) is 5.91 Å². The second-order valence-corrected chi connectivity index (χ2v) is 5.51. The number of nitrogens with zero attached hydrogens (tertiary/aromatic N) is 1. The normalized spacial score (nSPS) is 10.8. The quantitative estimate of drug-likeness (QED) is 0.530. The van der Waals surface area contributed by atoms with Gasteiger partial charge in [0.15, 0.2) is 0 Å². The fourth-order valence-corrected chi connectivity index (χ4v) is 2.35. The second kappa shape index (κ2) is 8.18. The molecule has 1 aromatic heterocycles. The lowest BCUT2D eigenvalue weighted by Crippen LogP contribution is -2.17. The van der Waals surface area contributed by atoms with Crippen molar-refractivity contribution in [1.29, 1.82) is 0 Å². The van der Waals surface area contributed by atoms with Gasteiger partial charge in [-0.15, -0.1) is 0 Å². The van der Waals surface area contributed by atoms with Crippen molar-refractivity contribution in [2.45, 2.75) is 0 Å². The monoisotopic (exact) mass is 368 g/mol. The molecule has 0 bridgehead atoms. The third-order valence-corrected chi connectivity index (χ3v) is 3.73. The first-order valence-electron chi connectivity index (χ1n) is 8.01. The number of carbonyl (C=O) groups excluding carboxylic acids is 1. The van der Waals surface area contributed by atoms with Crippen molar-refractivity contribution in [3.8, 4) is 22.8 Å². The number of furan rings is 1. The van der Waals surface area contributed by atoms with Crippen molar-refractivity contribution in [3.63, 3.8) is 0 Å². The molecule has 0 unspecified atom stereocenters. The summed E-state index contributed by atoms with van der Waals surface area (Å²) in [6.07, 6.45) is 1.38. The summed E-state index contributed by atoms with van der Waals surface area (Å²) in [5, 5.41) is 3.89. The third kappa shape index (κ3) is 4.52. The smallest absolute Gasteiger partial charge is 0.271 e. The number of hydrogen-bond donors (Lipinski definition) is 1. The lowest BCUT2D eigenvalue weighted by atomic mass is 10.2. The maximum Gasteiger partial charge on any atom is 0.271 e. The molecule has 0 saturated heterocycles. The highest BCUT2D eigenvalue weighted by atomic mass is 19.1. The molecule has 1 N–H and O–H groups in total. The zero-order valence-electron chi connectivity index (χ0n) is 14.7. The Bertz CT molecular complexity index is 942. The zero-order chi connectivity index (χ0) is 19.2. The number of nitrogens with one attached hydrogen (secondary N) is 1. The first-order valence-corrected chi connectivity index (χ1v) is 8.01. The molecule has 27 heavy (non-hydrogen) atoms. The molecule has 7 heteroatoms. The molecule has 1 heterocycles. The van der Waals surface area contributed by atoms with Crippen LogP contribution in [0.15, 0.2) is 64.1 Å². The topological polar surface area (TPSA) is 73.1 Å². The summed E-state index contributed by atoms with van der Waals surface area (Å²) in [5.74, 6) is 1.27. The number of halogens is 1. The van der Waals surface area contributed by atoms with E-state index >= 15 is 0 Å². The predicted octanol–water partition coefficient (Wildman–Crippen LogP) is 3.87. The van der Waals surface area contributed by atoms with Gasteiger partial charge in [-0.05, 0) is 48.5 Å². The summed E-state index contributed by atoms with van der Waals surface area (Å²) < 4.78 is 28.9. The van der Waals surface area contributed by atoms with Gasteiger partial charge in [-0.25, -0.2) is 9.82 Å². The highest BCUT2D eigenvalue weighted by Crippen LogP contribution is 2.23. The maximum atomic E-state index is 13.0. The Kier molecular flexibility index (Phi) is 5.51. The summed E-state index contributed by atoms with van der Waals surface area (Å²) in [5.41, 5.74) is 3.50. The Hall–Kier alpha value is -3.61. The largest absolute Gasteiger partial charge is 0.497 e. The number of hydrogen-bond acceptors (Lipinski definition) is 5. The molecule has 3 aromatic rings. The zero-order valence-corrected chi connectivity index (χ0v) is 14.7. The lowest BCUT2D eigenvalue weighted by Gasteiger charge is -2.07. The number of ether oxygens (including phenoxy) is 2. The minimum absolute atomic E-state index is 0.316. The average molecular weight is 368 g/mol. The summed E-state index contributed by atoms with van der Waals surface area (Å²) in [7, 11) is 3.01. The number of hydrazone groups is 1. The Morgan fingerprint density at radius 3 is 2.33 bits per heavy atom. The van der Waals surface area contributed by atoms with Crippen molar-refractivity contribution < 1.29 is 23.1 Å². The van der Waals surface area contributed by atoms with E-state index in [0.717, 1.165) is 5.56 Å². The summed E-state index contributed by atoms with van der Waals surface area (Å²) in [4.78, 5) is 12.2. The average Bonchev–Trinajstić information content (AvgIpc) is 3.16. The molecule has 1 amide bonds. The van der Waals surface area contributed by atoms with E-state index in [9.17, 15) is 9.18 Å². The number of methoxy groups -OCH3 is 2. The molecule has 138 valence electrons. The van der Waals surface area contributed by atoms with Crippen molar-refractivity contribution in [2.24, 2.45) is 5.10 Å². The molecule has 0 spiro atoms. The van der Waals surface area contributed by atoms with Crippen molar-refractivity contribution in [3.05, 3.63) is 71.7 Å². The molecule has 3 rings (SSSR count). The molecule has 0 atom stereocenters. The fourth-order valence-electron chi connectivity index (χ4n) is 2.35. The van der Waals surface area contributed by atoms with Crippen molar-refractivity contribution in [1.82, 2.24) is 5.43 Å². The summed E-state index contributed by atoms with van der Waals surface area (Å²) in [6, 6.07) is 14.2. The van der Waals surface area contributed by atoms with Crippen molar-refractivity contribution >= 4 is 12.1 Å². The van der Waals surface area contributed by atoms with Crippen LogP contribution in [0.2, 0.25) is 0 Å². The molecule has 2 aromatic carbocycles. The molecule has 0 aliphatic carbocycles. The van der Waals surface area contributed by atoms with Gasteiger partial charge in [0.05, 0.1) is 20.4 Å². The van der Waals surface area contributed by atoms with E-state index in [4.69, 9.17) is 13.9 Å². The Labute approximate surface area is 155 Å². The van der Waals surface area contributed by atoms with Crippen LogP contribution in [-0.2, 0) is 0 Å². The van der Waals surface area contributed by atoms with Crippen LogP contribution in [-0.4, -0.2) is 26.3 Å². The van der Waals surface area contributed by atoms with Gasteiger partial charge < -0.3 is 13.9 Å². The van der Waals surface area contributed by atoms with Gasteiger partial charge in [-0.2, -0.15) is 5.10 Å². The maximum absolute atomic E-state index is 13.0. The molecular weight excluding hydrogens is 351 g/mol. The molecule has 0 saturated carbocycles. The standard InChI is InChI=1S/C20H17FN2O4/c1-25-17-9-14(10-18(11-17)26-2)20(24)23-22-12-16-7-8-19(27-16)13-3-5-15(21)6-4-13/h3-12H,1-2H3,(H,23,24)/b22-12-. The van der Waals surface area contributed by atoms with Crippen LogP contribution in [0.25, 0.3) is 11.3 Å². The molecule has 0 radical (unpaired) electrons. The van der Waals surface area contributed by atoms with Crippen LogP contribution < -0.4 is 14.9 Å². The third-order valence-electron chi connectivity index (χ3n) is 3.73. The highest BCUT2D eigenvalue weighted by Gasteiger charge is 2.09. The Balaban J connectivity index is 1.67. The summed E-state index contributed by atoms with van der Waals surface area (Å²) >= 11 is 0. The van der Waals surface area contributed by atoms with E-state index in [2.05, 4.69) is 10.5 Å². The molecule has 0 aliphatic heterocycles. The van der Waals surface area contributed by atoms with Gasteiger partial charge in [-0.1, -0.05) is 0 Å². The number of benzene rings is 2. The van der Waals surface area contributed by atoms with Gasteiger partial charge in [0.1, 0.15) is 28.8 Å². The predicted molar refractivity (Wildman–Crippen MR) is 98.7 cm³/mol. The van der Waals surface area contributed by atoms with Gasteiger partial charge >= 0.3 is 0 Å². The van der Waals surface area contributed by atoms with Gasteiger partial charge in [0, 0.05) is 17.2 Å². The van der Waals surface area contributed by atoms with E-state index in [1.54, 1.807) is 42.5 Å². The van der Waals surface area contributed by atoms with Crippen LogP contribution in [0.5, 0.6) is 11.5 Å². The van der Waals surface area contributed by atoms with Gasteiger partial charge in [0.2, 0.25) is 0 Å². The SMILES string of the molecule is COc1cc(OC)cc(C(=O)N/N=C\c2ccc(-c3ccc(F)cc3)o2)c1. The van der Waals surface area contributed by atoms with E-state index in [-0.39, 0.29) is 5.82 Å². The van der Waals surface area contributed by atoms with Crippen LogP contribution in [0.1, 0.15) is 16.1 Å². The summed E-state index contributed by atoms with van der Waals surface area (Å²) in [6.45, 7) is 0. The van der Waals surface area contributed by atoms with Crippen LogP contribution in [0, 0.1) is 5.82 Å². The minimum Gasteiger partial charge on any atom is -0.497 e. The number of amides is 1. The highest BCUT2D eigenvalue weighted by molar-refractivity contribution is 5.95. The van der Waals surface area contributed by atoms with E-state index in [0.29, 0.717) is 28.6 Å². The second-order valence-electron chi connectivity index (χ2n) is 5.51. The molecule has 0 fully saturated rings.